The molecule has 6 nitrogen and oxygen atoms in total. The Hall–Kier alpha value is -2.44. The second-order valence-electron chi connectivity index (χ2n) is 4.34. The lowest BCUT2D eigenvalue weighted by Gasteiger charge is -2.08. The Morgan fingerprint density at radius 2 is 2.14 bits per heavy atom. The van der Waals surface area contributed by atoms with Gasteiger partial charge in [-0.2, -0.15) is 0 Å². The van der Waals surface area contributed by atoms with Crippen LogP contribution >= 0.6 is 0 Å². The predicted octanol–water partition coefficient (Wildman–Crippen LogP) is 1.82. The molecule has 112 valence electrons. The highest BCUT2D eigenvalue weighted by atomic mass is 19.1. The minimum Gasteiger partial charge on any atom is -0.497 e. The van der Waals surface area contributed by atoms with Crippen molar-refractivity contribution in [1.29, 1.82) is 0 Å². The van der Waals surface area contributed by atoms with Gasteiger partial charge in [0, 0.05) is 11.6 Å². The van der Waals surface area contributed by atoms with Crippen LogP contribution in [0.1, 0.15) is 28.7 Å². The molecule has 7 heteroatoms. The lowest BCUT2D eigenvalue weighted by atomic mass is 10.2. The molecule has 0 aliphatic carbocycles. The topological polar surface area (TPSA) is 66.2 Å². The lowest BCUT2D eigenvalue weighted by Crippen LogP contribution is -2.10. The molecule has 0 fully saturated rings. The third-order valence-corrected chi connectivity index (χ3v) is 3.13. The van der Waals surface area contributed by atoms with Gasteiger partial charge < -0.3 is 9.47 Å². The van der Waals surface area contributed by atoms with E-state index in [0.29, 0.717) is 23.4 Å². The minimum absolute atomic E-state index is 0.161. The number of hydrogen-bond acceptors (Lipinski definition) is 5. The summed E-state index contributed by atoms with van der Waals surface area (Å²) in [6, 6.07) is 4.59. The van der Waals surface area contributed by atoms with Gasteiger partial charge in [-0.1, -0.05) is 18.2 Å². The van der Waals surface area contributed by atoms with Crippen LogP contribution in [0.4, 0.5) is 4.39 Å². The normalized spacial score (nSPS) is 10.5. The number of nitrogens with zero attached hydrogens (tertiary/aromatic N) is 3. The van der Waals surface area contributed by atoms with Crippen molar-refractivity contribution in [3.63, 3.8) is 0 Å². The average molecular weight is 293 g/mol. The fourth-order valence-corrected chi connectivity index (χ4v) is 2.01. The Balaban J connectivity index is 2.32. The highest BCUT2D eigenvalue weighted by Crippen LogP contribution is 2.18. The molecular formula is C14H16FN3O3. The summed E-state index contributed by atoms with van der Waals surface area (Å²) in [4.78, 5) is 11.6. The number of rotatable bonds is 5. The molecule has 1 aromatic heterocycles. The Morgan fingerprint density at radius 3 is 2.71 bits per heavy atom. The van der Waals surface area contributed by atoms with Crippen molar-refractivity contribution in [2.24, 2.45) is 0 Å². The second kappa shape index (κ2) is 6.34. The highest BCUT2D eigenvalue weighted by Gasteiger charge is 2.19. The molecule has 0 spiro atoms. The van der Waals surface area contributed by atoms with Crippen molar-refractivity contribution >= 4 is 5.97 Å². The van der Waals surface area contributed by atoms with E-state index in [9.17, 15) is 9.18 Å². The Morgan fingerprint density at radius 1 is 1.38 bits per heavy atom. The maximum Gasteiger partial charge on any atom is 0.360 e. The van der Waals surface area contributed by atoms with Crippen molar-refractivity contribution in [1.82, 2.24) is 15.0 Å². The van der Waals surface area contributed by atoms with Gasteiger partial charge in [-0.05, 0) is 12.5 Å². The number of halogens is 1. The van der Waals surface area contributed by atoms with Crippen LogP contribution in [0.5, 0.6) is 5.75 Å². The Bertz CT molecular complexity index is 655. The van der Waals surface area contributed by atoms with Gasteiger partial charge in [0.15, 0.2) is 5.69 Å². The van der Waals surface area contributed by atoms with Crippen LogP contribution in [0.3, 0.4) is 0 Å². The molecule has 0 radical (unpaired) electrons. The number of ether oxygens (including phenoxy) is 2. The monoisotopic (exact) mass is 293 g/mol. The third kappa shape index (κ3) is 3.01. The van der Waals surface area contributed by atoms with E-state index in [-0.39, 0.29) is 12.2 Å². The summed E-state index contributed by atoms with van der Waals surface area (Å²) in [6.07, 6.45) is 0.537. The molecular weight excluding hydrogens is 277 g/mol. The van der Waals surface area contributed by atoms with E-state index in [1.165, 1.54) is 25.0 Å². The number of hydrogen-bond donors (Lipinski definition) is 0. The van der Waals surface area contributed by atoms with E-state index in [0.717, 1.165) is 0 Å². The van der Waals surface area contributed by atoms with Crippen LogP contribution < -0.4 is 4.74 Å². The standard InChI is InChI=1S/C14H16FN3O3/c1-4-12-13(14(19)21-3)16-17-18(12)8-9-5-6-10(20-2)7-11(9)15/h5-7H,4,8H2,1-3H3. The maximum absolute atomic E-state index is 14.0. The number of carbonyl (C=O) groups excluding carboxylic acids is 1. The Labute approximate surface area is 121 Å². The maximum atomic E-state index is 14.0. The summed E-state index contributed by atoms with van der Waals surface area (Å²) >= 11 is 0. The van der Waals surface area contributed by atoms with E-state index in [2.05, 4.69) is 15.0 Å². The van der Waals surface area contributed by atoms with Gasteiger partial charge in [0.2, 0.25) is 0 Å². The molecule has 2 aromatic rings. The first-order chi connectivity index (χ1) is 10.1. The van der Waals surface area contributed by atoms with Crippen molar-refractivity contribution in [2.75, 3.05) is 14.2 Å². The van der Waals surface area contributed by atoms with Crippen LogP contribution in [0.15, 0.2) is 18.2 Å². The van der Waals surface area contributed by atoms with Gasteiger partial charge >= 0.3 is 5.97 Å². The van der Waals surface area contributed by atoms with Crippen molar-refractivity contribution in [2.45, 2.75) is 19.9 Å². The van der Waals surface area contributed by atoms with E-state index in [1.54, 1.807) is 12.1 Å². The zero-order valence-electron chi connectivity index (χ0n) is 12.1. The molecule has 0 aliphatic rings. The van der Waals surface area contributed by atoms with E-state index in [1.807, 2.05) is 6.92 Å². The lowest BCUT2D eigenvalue weighted by molar-refractivity contribution is 0.0592. The number of aromatic nitrogens is 3. The van der Waals surface area contributed by atoms with Gasteiger partial charge in [-0.15, -0.1) is 5.10 Å². The third-order valence-electron chi connectivity index (χ3n) is 3.13. The molecule has 0 atom stereocenters. The number of methoxy groups -OCH3 is 2. The first-order valence-corrected chi connectivity index (χ1v) is 6.43. The molecule has 21 heavy (non-hydrogen) atoms. The molecule has 0 bridgehead atoms. The zero-order valence-corrected chi connectivity index (χ0v) is 12.1. The largest absolute Gasteiger partial charge is 0.497 e. The van der Waals surface area contributed by atoms with Gasteiger partial charge in [0.1, 0.15) is 11.6 Å². The van der Waals surface area contributed by atoms with Gasteiger partial charge in [0.05, 0.1) is 26.5 Å². The highest BCUT2D eigenvalue weighted by molar-refractivity contribution is 5.88. The fraction of sp³-hybridized carbons (Fsp3) is 0.357. The Kier molecular flexibility index (Phi) is 4.52. The van der Waals surface area contributed by atoms with Crippen molar-refractivity contribution < 1.29 is 18.7 Å². The van der Waals surface area contributed by atoms with Crippen LogP contribution in [0, 0.1) is 5.82 Å². The molecule has 0 saturated heterocycles. The van der Waals surface area contributed by atoms with Crippen LogP contribution in [0.25, 0.3) is 0 Å². The van der Waals surface area contributed by atoms with Gasteiger partial charge in [0.25, 0.3) is 0 Å². The number of esters is 1. The fourth-order valence-electron chi connectivity index (χ4n) is 2.01. The SMILES string of the molecule is CCc1c(C(=O)OC)nnn1Cc1ccc(OC)cc1F. The van der Waals surface area contributed by atoms with Crippen LogP contribution in [0.2, 0.25) is 0 Å². The summed E-state index contributed by atoms with van der Waals surface area (Å²) in [5, 5.41) is 7.71. The summed E-state index contributed by atoms with van der Waals surface area (Å²) in [5.41, 5.74) is 1.21. The van der Waals surface area contributed by atoms with E-state index in [4.69, 9.17) is 4.74 Å². The number of benzene rings is 1. The molecule has 2 rings (SSSR count). The van der Waals surface area contributed by atoms with E-state index < -0.39 is 11.8 Å². The summed E-state index contributed by atoms with van der Waals surface area (Å²) in [6.45, 7) is 2.05. The van der Waals surface area contributed by atoms with Crippen molar-refractivity contribution in [3.8, 4) is 5.75 Å². The quantitative estimate of drug-likeness (QED) is 0.787. The van der Waals surface area contributed by atoms with Crippen LogP contribution in [-0.4, -0.2) is 35.2 Å². The molecule has 0 saturated carbocycles. The summed E-state index contributed by atoms with van der Waals surface area (Å²) in [5.74, 6) is -0.499. The predicted molar refractivity (Wildman–Crippen MR) is 72.8 cm³/mol. The smallest absolute Gasteiger partial charge is 0.360 e. The second-order valence-corrected chi connectivity index (χ2v) is 4.34. The first kappa shape index (κ1) is 15.0. The van der Waals surface area contributed by atoms with Gasteiger partial charge in [-0.25, -0.2) is 13.9 Å². The molecule has 1 heterocycles. The van der Waals surface area contributed by atoms with Crippen LogP contribution in [-0.2, 0) is 17.7 Å². The molecule has 0 amide bonds. The molecule has 0 N–H and O–H groups in total. The first-order valence-electron chi connectivity index (χ1n) is 6.43. The molecule has 0 unspecified atom stereocenters. The summed E-state index contributed by atoms with van der Waals surface area (Å²) in [7, 11) is 2.76. The zero-order chi connectivity index (χ0) is 15.4. The minimum atomic E-state index is -0.548. The van der Waals surface area contributed by atoms with E-state index >= 15 is 0 Å². The molecule has 0 aliphatic heterocycles. The average Bonchev–Trinajstić information content (AvgIpc) is 2.91. The van der Waals surface area contributed by atoms with Crippen molar-refractivity contribution in [3.05, 3.63) is 41.0 Å². The number of carbonyl (C=O) groups is 1. The summed E-state index contributed by atoms with van der Waals surface area (Å²) < 4.78 is 25.1. The van der Waals surface area contributed by atoms with Gasteiger partial charge in [-0.3, -0.25) is 0 Å². The molecule has 1 aromatic carbocycles.